The van der Waals surface area contributed by atoms with Gasteiger partial charge in [-0.2, -0.15) is 0 Å². The summed E-state index contributed by atoms with van der Waals surface area (Å²) >= 11 is 6.06. The number of phenolic OH excluding ortho intramolecular Hbond substituents is 2. The Bertz CT molecular complexity index is 1880. The van der Waals surface area contributed by atoms with Crippen LogP contribution >= 0.6 is 11.6 Å². The van der Waals surface area contributed by atoms with Crippen LogP contribution in [0.5, 0.6) is 17.2 Å². The van der Waals surface area contributed by atoms with E-state index in [0.29, 0.717) is 12.0 Å². The summed E-state index contributed by atoms with van der Waals surface area (Å²) in [6, 6.07) is 15.1. The molecule has 4 aliphatic rings. The number of ether oxygens (including phenoxy) is 1. The number of benzene rings is 3. The van der Waals surface area contributed by atoms with Gasteiger partial charge in [-0.3, -0.25) is 24.1 Å². The number of likely N-dealkylation sites (tertiary alicyclic amines) is 1. The fraction of sp³-hybridized carbons (Fsp3) is 0.333. The van der Waals surface area contributed by atoms with Gasteiger partial charge in [0.15, 0.2) is 11.5 Å². The van der Waals surface area contributed by atoms with Crippen molar-refractivity contribution in [1.82, 2.24) is 4.90 Å². The number of phenols is 2. The summed E-state index contributed by atoms with van der Waals surface area (Å²) in [5.74, 6) is -5.52. The zero-order chi connectivity index (χ0) is 33.4. The van der Waals surface area contributed by atoms with Crippen LogP contribution < -0.4 is 9.64 Å². The van der Waals surface area contributed by atoms with Crippen molar-refractivity contribution < 1.29 is 38.5 Å². The molecule has 0 spiro atoms. The second-order valence-corrected chi connectivity index (χ2v) is 13.3. The topological polar surface area (TPSA) is 124 Å². The minimum atomic E-state index is -1.33. The van der Waals surface area contributed by atoms with E-state index in [1.807, 2.05) is 6.08 Å². The van der Waals surface area contributed by atoms with Gasteiger partial charge >= 0.3 is 0 Å². The third-order valence-corrected chi connectivity index (χ3v) is 10.9. The van der Waals surface area contributed by atoms with Gasteiger partial charge in [0.1, 0.15) is 11.6 Å². The Labute approximate surface area is 275 Å². The quantitative estimate of drug-likeness (QED) is 0.270. The average Bonchev–Trinajstić information content (AvgIpc) is 3.41. The van der Waals surface area contributed by atoms with Gasteiger partial charge in [0.25, 0.3) is 0 Å². The summed E-state index contributed by atoms with van der Waals surface area (Å²) in [7, 11) is 1.42. The number of methoxy groups -OCH3 is 1. The number of carbonyl (C=O) groups excluding carboxylic acids is 4. The maximum atomic E-state index is 14.5. The molecule has 3 aromatic rings. The van der Waals surface area contributed by atoms with Gasteiger partial charge in [0, 0.05) is 12.5 Å². The molecule has 2 aliphatic carbocycles. The van der Waals surface area contributed by atoms with E-state index in [4.69, 9.17) is 16.3 Å². The summed E-state index contributed by atoms with van der Waals surface area (Å²) in [5.41, 5.74) is 1.00. The Morgan fingerprint density at radius 1 is 0.957 bits per heavy atom. The lowest BCUT2D eigenvalue weighted by Crippen LogP contribution is -2.48. The molecular formula is C36H32ClFN2O7. The number of carbonyl (C=O) groups is 4. The molecule has 242 valence electrons. The van der Waals surface area contributed by atoms with Crippen LogP contribution in [0, 0.1) is 34.9 Å². The third kappa shape index (κ3) is 4.64. The number of fused-ring (bicyclic) bond motifs is 4. The van der Waals surface area contributed by atoms with Crippen LogP contribution in [0.1, 0.15) is 36.8 Å². The Kier molecular flexibility index (Phi) is 7.39. The summed E-state index contributed by atoms with van der Waals surface area (Å²) < 4.78 is 19.3. The zero-order valence-corrected chi connectivity index (χ0v) is 26.4. The van der Waals surface area contributed by atoms with Gasteiger partial charge in [-0.05, 0) is 85.7 Å². The van der Waals surface area contributed by atoms with Crippen LogP contribution in [0.25, 0.3) is 0 Å². The second-order valence-electron chi connectivity index (χ2n) is 12.9. The fourth-order valence-corrected chi connectivity index (χ4v) is 8.52. The molecule has 4 amide bonds. The van der Waals surface area contributed by atoms with Crippen molar-refractivity contribution in [2.75, 3.05) is 18.6 Å². The Hall–Kier alpha value is -4.70. The van der Waals surface area contributed by atoms with E-state index in [1.165, 1.54) is 30.2 Å². The predicted octanol–water partition coefficient (Wildman–Crippen LogP) is 5.37. The number of imide groups is 2. The van der Waals surface area contributed by atoms with Crippen molar-refractivity contribution in [3.8, 4) is 17.2 Å². The van der Waals surface area contributed by atoms with E-state index in [9.17, 15) is 33.8 Å². The number of allylic oxidation sites excluding steroid dienone is 2. The van der Waals surface area contributed by atoms with Crippen LogP contribution in [0.15, 0.2) is 72.3 Å². The largest absolute Gasteiger partial charge is 0.508 e. The summed E-state index contributed by atoms with van der Waals surface area (Å²) in [6.45, 7) is 1.90. The highest BCUT2D eigenvalue weighted by atomic mass is 35.5. The molecule has 0 radical (unpaired) electrons. The third-order valence-electron chi connectivity index (χ3n) is 10.6. The maximum Gasteiger partial charge on any atom is 0.241 e. The summed E-state index contributed by atoms with van der Waals surface area (Å²) in [6.07, 6.45) is 2.79. The van der Waals surface area contributed by atoms with Crippen molar-refractivity contribution in [1.29, 1.82) is 0 Å². The average molecular weight is 659 g/mol. The lowest BCUT2D eigenvalue weighted by Gasteiger charge is -2.49. The lowest BCUT2D eigenvalue weighted by atomic mass is 9.51. The predicted molar refractivity (Wildman–Crippen MR) is 169 cm³/mol. The van der Waals surface area contributed by atoms with E-state index < -0.39 is 52.6 Å². The molecule has 2 N–H and O–H groups in total. The molecule has 0 aromatic heterocycles. The Morgan fingerprint density at radius 2 is 1.70 bits per heavy atom. The first-order chi connectivity index (χ1) is 22.4. The number of hydrogen-bond donors (Lipinski definition) is 2. The SMILES string of the molecule is COc1ccc([C@H]2C3=CC[C@@H]4C(=O)N(CCc5ccc(O)cc5)C(=O)[C@@H]4[C@@H]3C[C@H]3C(=O)N(c4ccc(F)c(Cl)c4)C(=O)[C@@]23C)cc1O. The first-order valence-electron chi connectivity index (χ1n) is 15.5. The van der Waals surface area contributed by atoms with Crippen molar-refractivity contribution in [2.24, 2.45) is 29.1 Å². The molecule has 3 fully saturated rings. The number of halogens is 2. The monoisotopic (exact) mass is 658 g/mol. The first kappa shape index (κ1) is 30.9. The van der Waals surface area contributed by atoms with Crippen LogP contribution in [0.2, 0.25) is 5.02 Å². The number of aromatic hydroxyl groups is 2. The van der Waals surface area contributed by atoms with Crippen LogP contribution in [0.3, 0.4) is 0 Å². The smallest absolute Gasteiger partial charge is 0.241 e. The van der Waals surface area contributed by atoms with Gasteiger partial charge < -0.3 is 14.9 Å². The summed E-state index contributed by atoms with van der Waals surface area (Å²) in [4.78, 5) is 58.9. The van der Waals surface area contributed by atoms with Crippen molar-refractivity contribution in [3.05, 3.63) is 94.3 Å². The molecule has 3 aromatic carbocycles. The number of amides is 4. The fourth-order valence-electron chi connectivity index (χ4n) is 8.34. The van der Waals surface area contributed by atoms with Crippen molar-refractivity contribution >= 4 is 40.9 Å². The number of rotatable bonds is 6. The van der Waals surface area contributed by atoms with E-state index >= 15 is 0 Å². The molecular weight excluding hydrogens is 627 g/mol. The van der Waals surface area contributed by atoms with E-state index in [0.717, 1.165) is 22.1 Å². The minimum Gasteiger partial charge on any atom is -0.508 e. The highest BCUT2D eigenvalue weighted by molar-refractivity contribution is 6.31. The highest BCUT2D eigenvalue weighted by Gasteiger charge is 2.67. The van der Waals surface area contributed by atoms with E-state index in [-0.39, 0.29) is 59.2 Å². The molecule has 47 heavy (non-hydrogen) atoms. The Morgan fingerprint density at radius 3 is 2.38 bits per heavy atom. The Balaban J connectivity index is 1.29. The second kappa shape index (κ2) is 11.2. The molecule has 0 unspecified atom stereocenters. The van der Waals surface area contributed by atoms with Crippen molar-refractivity contribution in [2.45, 2.75) is 32.1 Å². The molecule has 9 nitrogen and oxygen atoms in total. The van der Waals surface area contributed by atoms with Gasteiger partial charge in [0.2, 0.25) is 23.6 Å². The van der Waals surface area contributed by atoms with Gasteiger partial charge in [-0.25, -0.2) is 9.29 Å². The molecule has 2 heterocycles. The molecule has 2 aliphatic heterocycles. The lowest BCUT2D eigenvalue weighted by molar-refractivity contribution is -0.140. The number of nitrogens with zero attached hydrogens (tertiary/aromatic N) is 2. The van der Waals surface area contributed by atoms with Crippen LogP contribution in [-0.4, -0.2) is 52.4 Å². The molecule has 0 bridgehead atoms. The molecule has 11 heteroatoms. The molecule has 7 rings (SSSR count). The van der Waals surface area contributed by atoms with Crippen LogP contribution in [-0.2, 0) is 25.6 Å². The normalized spacial score (nSPS) is 28.3. The molecule has 1 saturated carbocycles. The number of hydrogen-bond acceptors (Lipinski definition) is 7. The first-order valence-corrected chi connectivity index (χ1v) is 15.9. The number of anilines is 1. The van der Waals surface area contributed by atoms with Crippen molar-refractivity contribution in [3.63, 3.8) is 0 Å². The van der Waals surface area contributed by atoms with Gasteiger partial charge in [0.05, 0.1) is 41.0 Å². The molecule has 6 atom stereocenters. The van der Waals surface area contributed by atoms with Crippen LogP contribution in [0.4, 0.5) is 10.1 Å². The van der Waals surface area contributed by atoms with E-state index in [2.05, 4.69) is 0 Å². The highest BCUT2D eigenvalue weighted by Crippen LogP contribution is 2.64. The zero-order valence-electron chi connectivity index (χ0n) is 25.7. The maximum absolute atomic E-state index is 14.5. The summed E-state index contributed by atoms with van der Waals surface area (Å²) in [5, 5.41) is 20.2. The van der Waals surface area contributed by atoms with Gasteiger partial charge in [-0.15, -0.1) is 0 Å². The molecule has 2 saturated heterocycles. The van der Waals surface area contributed by atoms with Gasteiger partial charge in [-0.1, -0.05) is 41.4 Å². The standard InChI is InChI=1S/C36H32ClFN2O7/c1-36-25(33(44)40(35(36)46)20-6-11-27(38)26(37)16-20)17-24-22(31(36)19-5-12-29(47-2)28(42)15-19)9-10-23-30(24)34(45)39(32(23)43)14-13-18-3-7-21(41)8-4-18/h3-9,11-12,15-16,23-25,30-31,41-42H,10,13-14,17H2,1-2H3/t23-,24+,25-,30-,31-,36+/m0/s1. The minimum absolute atomic E-state index is 0.122. The van der Waals surface area contributed by atoms with E-state index in [1.54, 1.807) is 43.3 Å².